The maximum absolute atomic E-state index is 12.2. The van der Waals surface area contributed by atoms with Crippen molar-refractivity contribution in [2.75, 3.05) is 20.3 Å². The summed E-state index contributed by atoms with van der Waals surface area (Å²) < 4.78 is 36.7. The van der Waals surface area contributed by atoms with E-state index in [0.29, 0.717) is 5.75 Å². The van der Waals surface area contributed by atoms with E-state index >= 15 is 0 Å². The highest BCUT2D eigenvalue weighted by molar-refractivity contribution is 7.89. The lowest BCUT2D eigenvalue weighted by molar-refractivity contribution is -0.124. The summed E-state index contributed by atoms with van der Waals surface area (Å²) in [6, 6.07) is 12.1. The predicted octanol–water partition coefficient (Wildman–Crippen LogP) is 1.64. The minimum atomic E-state index is -3.85. The van der Waals surface area contributed by atoms with Crippen LogP contribution < -0.4 is 14.8 Å². The summed E-state index contributed by atoms with van der Waals surface area (Å²) >= 11 is 0. The Morgan fingerprint density at radius 2 is 1.90 bits per heavy atom. The third kappa shape index (κ3) is 6.07. The largest absolute Gasteiger partial charge is 0.496 e. The second-order valence-corrected chi connectivity index (χ2v) is 7.93. The molecule has 0 aliphatic heterocycles. The van der Waals surface area contributed by atoms with Gasteiger partial charge in [-0.3, -0.25) is 4.79 Å². The van der Waals surface area contributed by atoms with Crippen molar-refractivity contribution in [1.82, 2.24) is 10.0 Å². The van der Waals surface area contributed by atoms with Crippen LogP contribution >= 0.6 is 0 Å². The van der Waals surface area contributed by atoms with Crippen LogP contribution in [0.2, 0.25) is 0 Å². The molecule has 1 amide bonds. The number of esters is 1. The first-order valence-electron chi connectivity index (χ1n) is 8.91. The van der Waals surface area contributed by atoms with Gasteiger partial charge in [-0.1, -0.05) is 30.2 Å². The van der Waals surface area contributed by atoms with Crippen LogP contribution in [0.1, 0.15) is 28.9 Å². The molecule has 158 valence electrons. The van der Waals surface area contributed by atoms with Gasteiger partial charge in [-0.2, -0.15) is 4.72 Å². The van der Waals surface area contributed by atoms with E-state index in [2.05, 4.69) is 16.0 Å². The van der Waals surface area contributed by atoms with Gasteiger partial charge in [0.25, 0.3) is 5.91 Å². The molecule has 0 saturated carbocycles. The molecule has 8 nitrogen and oxygen atoms in total. The number of para-hydroxylation sites is 1. The van der Waals surface area contributed by atoms with Gasteiger partial charge in [-0.25, -0.2) is 13.2 Å². The second kappa shape index (κ2) is 10.4. The second-order valence-electron chi connectivity index (χ2n) is 6.16. The van der Waals surface area contributed by atoms with Crippen molar-refractivity contribution in [2.45, 2.75) is 17.9 Å². The number of methoxy groups -OCH3 is 1. The maximum atomic E-state index is 12.2. The molecular formula is C21H22N2O6S. The Bertz CT molecular complexity index is 1060. The van der Waals surface area contributed by atoms with Crippen LogP contribution in [0.5, 0.6) is 5.75 Å². The number of amides is 1. The van der Waals surface area contributed by atoms with Crippen LogP contribution in [0.25, 0.3) is 0 Å². The van der Waals surface area contributed by atoms with Crippen LogP contribution in [0, 0.1) is 12.3 Å². The fourth-order valence-corrected chi connectivity index (χ4v) is 3.59. The molecule has 0 saturated heterocycles. The van der Waals surface area contributed by atoms with Gasteiger partial charge in [0.1, 0.15) is 5.75 Å². The molecule has 0 fully saturated rings. The molecule has 1 atom stereocenters. The average molecular weight is 430 g/mol. The molecule has 2 rings (SSSR count). The summed E-state index contributed by atoms with van der Waals surface area (Å²) in [6.07, 6.45) is 5.05. The fourth-order valence-electron chi connectivity index (χ4n) is 2.61. The number of hydrogen-bond acceptors (Lipinski definition) is 6. The lowest BCUT2D eigenvalue weighted by Gasteiger charge is -2.17. The highest BCUT2D eigenvalue weighted by Gasteiger charge is 2.18. The predicted molar refractivity (Wildman–Crippen MR) is 110 cm³/mol. The molecule has 0 aliphatic carbocycles. The van der Waals surface area contributed by atoms with E-state index in [0.717, 1.165) is 11.6 Å². The third-order valence-electron chi connectivity index (χ3n) is 4.06. The summed E-state index contributed by atoms with van der Waals surface area (Å²) in [7, 11) is -2.32. The van der Waals surface area contributed by atoms with Crippen LogP contribution in [-0.4, -0.2) is 40.6 Å². The zero-order valence-electron chi connectivity index (χ0n) is 16.5. The first-order valence-corrected chi connectivity index (χ1v) is 10.4. The first-order chi connectivity index (χ1) is 14.3. The van der Waals surface area contributed by atoms with Gasteiger partial charge in [0.05, 0.1) is 30.2 Å². The molecular weight excluding hydrogens is 408 g/mol. The monoisotopic (exact) mass is 430 g/mol. The van der Waals surface area contributed by atoms with Gasteiger partial charge in [0, 0.05) is 5.56 Å². The molecule has 0 aromatic heterocycles. The highest BCUT2D eigenvalue weighted by atomic mass is 32.2. The molecule has 0 aliphatic rings. The van der Waals surface area contributed by atoms with Crippen molar-refractivity contribution in [3.05, 3.63) is 59.7 Å². The van der Waals surface area contributed by atoms with Gasteiger partial charge in [0.2, 0.25) is 10.0 Å². The Morgan fingerprint density at radius 3 is 2.60 bits per heavy atom. The van der Waals surface area contributed by atoms with Crippen LogP contribution in [0.3, 0.4) is 0 Å². The summed E-state index contributed by atoms with van der Waals surface area (Å²) in [5.41, 5.74) is 0.765. The Labute approximate surface area is 175 Å². The average Bonchev–Trinajstić information content (AvgIpc) is 2.76. The van der Waals surface area contributed by atoms with Crippen LogP contribution in [0.4, 0.5) is 0 Å². The first kappa shape index (κ1) is 22.9. The quantitative estimate of drug-likeness (QED) is 0.462. The van der Waals surface area contributed by atoms with E-state index in [1.807, 2.05) is 18.2 Å². The normalized spacial score (nSPS) is 11.8. The van der Waals surface area contributed by atoms with Crippen molar-refractivity contribution in [1.29, 1.82) is 0 Å². The Hall–Kier alpha value is -3.35. The molecule has 2 aromatic carbocycles. The number of rotatable bonds is 9. The SMILES string of the molecule is C#CCNS(=O)(=O)c1cccc(C(=O)OCC(=O)NC(C)c2ccccc2OC)c1. The minimum absolute atomic E-state index is 0.0100. The van der Waals surface area contributed by atoms with Gasteiger partial charge < -0.3 is 14.8 Å². The van der Waals surface area contributed by atoms with E-state index in [4.69, 9.17) is 15.9 Å². The molecule has 2 N–H and O–H groups in total. The molecule has 0 radical (unpaired) electrons. The Kier molecular flexibility index (Phi) is 7.98. The van der Waals surface area contributed by atoms with Crippen LogP contribution in [0.15, 0.2) is 53.4 Å². The van der Waals surface area contributed by atoms with Gasteiger partial charge in [-0.15, -0.1) is 6.42 Å². The standard InChI is InChI=1S/C21H22N2O6S/c1-4-12-22-30(26,27)17-9-7-8-16(13-17)21(25)29-14-20(24)23-15(2)18-10-5-6-11-19(18)28-3/h1,5-11,13,15,22H,12,14H2,2-3H3,(H,23,24). The van der Waals surface area contributed by atoms with E-state index < -0.39 is 28.5 Å². The fraction of sp³-hybridized carbons (Fsp3) is 0.238. The van der Waals surface area contributed by atoms with E-state index in [1.54, 1.807) is 13.0 Å². The number of ether oxygens (including phenoxy) is 2. The number of carbonyl (C=O) groups excluding carboxylic acids is 2. The van der Waals surface area contributed by atoms with E-state index in [1.165, 1.54) is 25.3 Å². The van der Waals surface area contributed by atoms with Crippen molar-refractivity contribution < 1.29 is 27.5 Å². The van der Waals surface area contributed by atoms with E-state index in [-0.39, 0.29) is 23.0 Å². The summed E-state index contributed by atoms with van der Waals surface area (Å²) in [4.78, 5) is 24.2. The molecule has 0 bridgehead atoms. The van der Waals surface area contributed by atoms with Crippen molar-refractivity contribution in [3.8, 4) is 18.1 Å². The third-order valence-corrected chi connectivity index (χ3v) is 5.46. The molecule has 30 heavy (non-hydrogen) atoms. The number of carbonyl (C=O) groups is 2. The molecule has 0 spiro atoms. The number of terminal acetylenes is 1. The maximum Gasteiger partial charge on any atom is 0.338 e. The minimum Gasteiger partial charge on any atom is -0.496 e. The zero-order valence-corrected chi connectivity index (χ0v) is 17.4. The Morgan fingerprint density at radius 1 is 1.17 bits per heavy atom. The molecule has 9 heteroatoms. The lowest BCUT2D eigenvalue weighted by Crippen LogP contribution is -2.31. The van der Waals surface area contributed by atoms with Gasteiger partial charge in [-0.05, 0) is 31.2 Å². The molecule has 1 unspecified atom stereocenters. The number of benzene rings is 2. The van der Waals surface area contributed by atoms with Gasteiger partial charge in [0.15, 0.2) is 6.61 Å². The summed E-state index contributed by atoms with van der Waals surface area (Å²) in [5.74, 6) is 1.45. The smallest absolute Gasteiger partial charge is 0.338 e. The van der Waals surface area contributed by atoms with Crippen molar-refractivity contribution in [2.24, 2.45) is 0 Å². The van der Waals surface area contributed by atoms with E-state index in [9.17, 15) is 18.0 Å². The number of nitrogens with one attached hydrogen (secondary N) is 2. The van der Waals surface area contributed by atoms with Crippen molar-refractivity contribution in [3.63, 3.8) is 0 Å². The van der Waals surface area contributed by atoms with Gasteiger partial charge >= 0.3 is 5.97 Å². The lowest BCUT2D eigenvalue weighted by atomic mass is 10.1. The summed E-state index contributed by atoms with van der Waals surface area (Å²) in [6.45, 7) is 1.07. The molecule has 0 heterocycles. The molecule has 2 aromatic rings. The highest BCUT2D eigenvalue weighted by Crippen LogP contribution is 2.24. The van der Waals surface area contributed by atoms with Crippen LogP contribution in [-0.2, 0) is 19.6 Å². The van der Waals surface area contributed by atoms with Crippen molar-refractivity contribution >= 4 is 21.9 Å². The Balaban J connectivity index is 1.98. The number of hydrogen-bond donors (Lipinski definition) is 2. The number of sulfonamides is 1. The zero-order chi connectivity index (χ0) is 22.1. The summed E-state index contributed by atoms with van der Waals surface area (Å²) in [5, 5.41) is 2.72. The topological polar surface area (TPSA) is 111 Å².